The number of nitrogens with zero attached hydrogens (tertiary/aromatic N) is 1. The minimum absolute atomic E-state index is 0.137. The second-order valence-corrected chi connectivity index (χ2v) is 8.47. The number of primary amides is 1. The molecule has 0 atom stereocenters. The van der Waals surface area contributed by atoms with Crippen LogP contribution in [-0.2, 0) is 10.0 Å². The fraction of sp³-hybridized carbons (Fsp3) is 0.316. The van der Waals surface area contributed by atoms with Gasteiger partial charge in [0.25, 0.3) is 10.0 Å². The maximum Gasteiger partial charge on any atom is 0.264 e. The monoisotopic (exact) mass is 360 g/mol. The fourth-order valence-corrected chi connectivity index (χ4v) is 4.35. The van der Waals surface area contributed by atoms with Crippen LogP contribution in [0.1, 0.15) is 35.3 Å². The first-order valence-electron chi connectivity index (χ1n) is 8.13. The van der Waals surface area contributed by atoms with Gasteiger partial charge in [0.05, 0.1) is 10.6 Å². The SMILES string of the molecule is Cc1ccc(N(CC(C)C)S(=O)(=O)c2ccc(C(N)=O)cc2)c(C)c1. The number of nitrogens with two attached hydrogens (primary N) is 1. The topological polar surface area (TPSA) is 80.5 Å². The van der Waals surface area contributed by atoms with Crippen LogP contribution in [-0.4, -0.2) is 20.9 Å². The number of anilines is 1. The van der Waals surface area contributed by atoms with Gasteiger partial charge in [-0.15, -0.1) is 0 Å². The standard InChI is InChI=1S/C19H24N2O3S/c1-13(2)12-21(18-10-5-14(3)11-15(18)4)25(23,24)17-8-6-16(7-9-17)19(20)22/h5-11,13H,12H2,1-4H3,(H2,20,22). The molecule has 0 aliphatic heterocycles. The highest BCUT2D eigenvalue weighted by Crippen LogP contribution is 2.28. The van der Waals surface area contributed by atoms with Crippen LogP contribution < -0.4 is 10.0 Å². The molecule has 0 radical (unpaired) electrons. The van der Waals surface area contributed by atoms with Gasteiger partial charge in [-0.2, -0.15) is 0 Å². The molecule has 0 saturated heterocycles. The van der Waals surface area contributed by atoms with Crippen molar-refractivity contribution in [3.05, 3.63) is 59.2 Å². The number of rotatable bonds is 6. The Morgan fingerprint density at radius 2 is 1.68 bits per heavy atom. The number of benzene rings is 2. The van der Waals surface area contributed by atoms with Crippen LogP contribution in [0.25, 0.3) is 0 Å². The minimum atomic E-state index is -3.75. The molecule has 2 aromatic carbocycles. The van der Waals surface area contributed by atoms with Gasteiger partial charge in [-0.1, -0.05) is 31.5 Å². The van der Waals surface area contributed by atoms with Crippen molar-refractivity contribution in [3.63, 3.8) is 0 Å². The Bertz CT molecular complexity index is 872. The van der Waals surface area contributed by atoms with Crippen LogP contribution in [0.5, 0.6) is 0 Å². The summed E-state index contributed by atoms with van der Waals surface area (Å²) < 4.78 is 27.8. The van der Waals surface area contributed by atoms with Crippen LogP contribution in [0.2, 0.25) is 0 Å². The van der Waals surface area contributed by atoms with E-state index in [1.807, 2.05) is 45.9 Å². The lowest BCUT2D eigenvalue weighted by molar-refractivity contribution is 0.1000. The van der Waals surface area contributed by atoms with E-state index in [2.05, 4.69) is 0 Å². The molecule has 0 heterocycles. The molecule has 2 N–H and O–H groups in total. The normalized spacial score (nSPS) is 11.6. The summed E-state index contributed by atoms with van der Waals surface area (Å²) in [5.74, 6) is -0.433. The van der Waals surface area contributed by atoms with Gasteiger partial charge in [0.2, 0.25) is 5.91 Å². The smallest absolute Gasteiger partial charge is 0.264 e. The summed E-state index contributed by atoms with van der Waals surface area (Å²) in [4.78, 5) is 11.3. The number of hydrogen-bond donors (Lipinski definition) is 1. The zero-order chi connectivity index (χ0) is 18.8. The molecule has 0 aliphatic rings. The van der Waals surface area contributed by atoms with Gasteiger partial charge in [0.1, 0.15) is 0 Å². The largest absolute Gasteiger partial charge is 0.366 e. The average Bonchev–Trinajstić information content (AvgIpc) is 2.53. The molecule has 0 unspecified atom stereocenters. The lowest BCUT2D eigenvalue weighted by atomic mass is 10.1. The highest BCUT2D eigenvalue weighted by molar-refractivity contribution is 7.92. The number of aryl methyl sites for hydroxylation is 2. The zero-order valence-corrected chi connectivity index (χ0v) is 15.8. The Balaban J connectivity index is 2.53. The van der Waals surface area contributed by atoms with Crippen LogP contribution in [0.3, 0.4) is 0 Å². The second-order valence-electron chi connectivity index (χ2n) is 6.61. The van der Waals surface area contributed by atoms with E-state index in [0.29, 0.717) is 12.2 Å². The van der Waals surface area contributed by atoms with Crippen LogP contribution in [0.4, 0.5) is 5.69 Å². The van der Waals surface area contributed by atoms with E-state index in [-0.39, 0.29) is 16.4 Å². The van der Waals surface area contributed by atoms with E-state index >= 15 is 0 Å². The molecule has 134 valence electrons. The molecular weight excluding hydrogens is 336 g/mol. The summed E-state index contributed by atoms with van der Waals surface area (Å²) in [6, 6.07) is 11.4. The molecule has 6 heteroatoms. The number of carbonyl (C=O) groups excluding carboxylic acids is 1. The zero-order valence-electron chi connectivity index (χ0n) is 15.0. The summed E-state index contributed by atoms with van der Waals surface area (Å²) >= 11 is 0. The number of sulfonamides is 1. The molecule has 0 fully saturated rings. The van der Waals surface area contributed by atoms with Gasteiger partial charge in [-0.25, -0.2) is 8.42 Å². The molecule has 1 amide bonds. The predicted octanol–water partition coefficient (Wildman–Crippen LogP) is 3.25. The quantitative estimate of drug-likeness (QED) is 0.858. The van der Waals surface area contributed by atoms with E-state index in [4.69, 9.17) is 5.73 Å². The van der Waals surface area contributed by atoms with Crippen molar-refractivity contribution >= 4 is 21.6 Å². The first-order chi connectivity index (χ1) is 11.6. The Morgan fingerprint density at radius 1 is 1.08 bits per heavy atom. The van der Waals surface area contributed by atoms with Crippen molar-refractivity contribution < 1.29 is 13.2 Å². The van der Waals surface area contributed by atoms with Gasteiger partial charge in [0.15, 0.2) is 0 Å². The molecule has 2 rings (SSSR count). The predicted molar refractivity (Wildman–Crippen MR) is 100 cm³/mol. The van der Waals surface area contributed by atoms with Crippen LogP contribution >= 0.6 is 0 Å². The second kappa shape index (κ2) is 7.27. The molecular formula is C19H24N2O3S. The Kier molecular flexibility index (Phi) is 5.52. The van der Waals surface area contributed by atoms with E-state index < -0.39 is 15.9 Å². The van der Waals surface area contributed by atoms with Gasteiger partial charge in [-0.3, -0.25) is 9.10 Å². The Hall–Kier alpha value is -2.34. The lowest BCUT2D eigenvalue weighted by Gasteiger charge is -2.28. The molecule has 0 bridgehead atoms. The number of hydrogen-bond acceptors (Lipinski definition) is 3. The molecule has 0 aliphatic carbocycles. The van der Waals surface area contributed by atoms with Crippen molar-refractivity contribution in [2.24, 2.45) is 11.7 Å². The van der Waals surface area contributed by atoms with Gasteiger partial charge in [-0.05, 0) is 55.7 Å². The van der Waals surface area contributed by atoms with Crippen molar-refractivity contribution in [3.8, 4) is 0 Å². The molecule has 0 spiro atoms. The number of amides is 1. The molecule has 0 saturated carbocycles. The first-order valence-corrected chi connectivity index (χ1v) is 9.57. The van der Waals surface area contributed by atoms with E-state index in [1.54, 1.807) is 0 Å². The van der Waals surface area contributed by atoms with Gasteiger partial charge < -0.3 is 5.73 Å². The minimum Gasteiger partial charge on any atom is -0.366 e. The third-order valence-corrected chi connectivity index (χ3v) is 5.67. The van der Waals surface area contributed by atoms with Crippen molar-refractivity contribution in [2.45, 2.75) is 32.6 Å². The summed E-state index contributed by atoms with van der Waals surface area (Å²) in [6.07, 6.45) is 0. The highest BCUT2D eigenvalue weighted by atomic mass is 32.2. The molecule has 25 heavy (non-hydrogen) atoms. The third kappa shape index (κ3) is 4.20. The molecule has 0 aromatic heterocycles. The Morgan fingerprint density at radius 3 is 2.16 bits per heavy atom. The summed E-state index contributed by atoms with van der Waals surface area (Å²) in [6.45, 7) is 8.19. The van der Waals surface area contributed by atoms with E-state index in [9.17, 15) is 13.2 Å². The maximum absolute atomic E-state index is 13.2. The fourth-order valence-electron chi connectivity index (χ4n) is 2.66. The highest BCUT2D eigenvalue weighted by Gasteiger charge is 2.27. The summed E-state index contributed by atoms with van der Waals surface area (Å²) in [7, 11) is -3.75. The first kappa shape index (κ1) is 19.0. The summed E-state index contributed by atoms with van der Waals surface area (Å²) in [5.41, 5.74) is 8.15. The third-order valence-electron chi connectivity index (χ3n) is 3.88. The van der Waals surface area contributed by atoms with Crippen LogP contribution in [0.15, 0.2) is 47.4 Å². The average molecular weight is 360 g/mol. The molecule has 5 nitrogen and oxygen atoms in total. The van der Waals surface area contributed by atoms with Gasteiger partial charge >= 0.3 is 0 Å². The van der Waals surface area contributed by atoms with Crippen molar-refractivity contribution in [1.82, 2.24) is 0 Å². The lowest BCUT2D eigenvalue weighted by Crippen LogP contribution is -2.34. The van der Waals surface area contributed by atoms with Gasteiger partial charge in [0, 0.05) is 12.1 Å². The summed E-state index contributed by atoms with van der Waals surface area (Å²) in [5, 5.41) is 0. The number of carbonyl (C=O) groups is 1. The molecule has 2 aromatic rings. The van der Waals surface area contributed by atoms with Crippen molar-refractivity contribution in [2.75, 3.05) is 10.8 Å². The van der Waals surface area contributed by atoms with Crippen LogP contribution in [0, 0.1) is 19.8 Å². The van der Waals surface area contributed by atoms with E-state index in [1.165, 1.54) is 28.6 Å². The van der Waals surface area contributed by atoms with Crippen molar-refractivity contribution in [1.29, 1.82) is 0 Å². The maximum atomic E-state index is 13.2. The Labute approximate surface area is 149 Å². The van der Waals surface area contributed by atoms with E-state index in [0.717, 1.165) is 11.1 Å².